The number of halogens is 1. The predicted molar refractivity (Wildman–Crippen MR) is 106 cm³/mol. The van der Waals surface area contributed by atoms with E-state index in [4.69, 9.17) is 23.8 Å². The van der Waals surface area contributed by atoms with Crippen LogP contribution in [0.2, 0.25) is 5.02 Å². The molecule has 130 valence electrons. The maximum atomic E-state index is 12.1. The van der Waals surface area contributed by atoms with Gasteiger partial charge in [0, 0.05) is 22.8 Å². The SMILES string of the molecule is O=C(NC(=S)Nc1ccc(CN2CCCC2)cc1)c1ccc(Cl)cc1. The molecular formula is C19H20ClN3OS. The Balaban J connectivity index is 1.51. The van der Waals surface area contributed by atoms with E-state index in [0.717, 1.165) is 12.2 Å². The van der Waals surface area contributed by atoms with Crippen molar-refractivity contribution in [3.63, 3.8) is 0 Å². The van der Waals surface area contributed by atoms with Gasteiger partial charge in [-0.1, -0.05) is 23.7 Å². The van der Waals surface area contributed by atoms with Crippen molar-refractivity contribution in [2.24, 2.45) is 0 Å². The van der Waals surface area contributed by atoms with Crippen LogP contribution in [0, 0.1) is 0 Å². The number of likely N-dealkylation sites (tertiary alicyclic amines) is 1. The molecule has 1 saturated heterocycles. The first kappa shape index (κ1) is 17.9. The van der Waals surface area contributed by atoms with Crippen LogP contribution < -0.4 is 10.6 Å². The third-order valence-corrected chi connectivity index (χ3v) is 4.61. The highest BCUT2D eigenvalue weighted by molar-refractivity contribution is 7.80. The molecule has 0 radical (unpaired) electrons. The zero-order chi connectivity index (χ0) is 17.6. The average Bonchev–Trinajstić information content (AvgIpc) is 3.10. The highest BCUT2D eigenvalue weighted by atomic mass is 35.5. The average molecular weight is 374 g/mol. The molecule has 0 unspecified atom stereocenters. The number of hydrogen-bond donors (Lipinski definition) is 2. The molecule has 2 aromatic rings. The van der Waals surface area contributed by atoms with Crippen molar-refractivity contribution in [1.82, 2.24) is 10.2 Å². The molecule has 25 heavy (non-hydrogen) atoms. The number of benzene rings is 2. The highest BCUT2D eigenvalue weighted by Gasteiger charge is 2.12. The van der Waals surface area contributed by atoms with E-state index >= 15 is 0 Å². The largest absolute Gasteiger partial charge is 0.332 e. The van der Waals surface area contributed by atoms with Crippen LogP contribution in [0.15, 0.2) is 48.5 Å². The summed E-state index contributed by atoms with van der Waals surface area (Å²) in [5.74, 6) is -0.264. The van der Waals surface area contributed by atoms with E-state index in [1.807, 2.05) is 12.1 Å². The Morgan fingerprint density at radius 2 is 1.68 bits per heavy atom. The number of amides is 1. The van der Waals surface area contributed by atoms with Gasteiger partial charge >= 0.3 is 0 Å². The molecule has 0 aliphatic carbocycles. The Hall–Kier alpha value is -1.95. The fourth-order valence-corrected chi connectivity index (χ4v) is 3.17. The number of hydrogen-bond acceptors (Lipinski definition) is 3. The number of nitrogens with one attached hydrogen (secondary N) is 2. The number of carbonyl (C=O) groups excluding carboxylic acids is 1. The Morgan fingerprint density at radius 3 is 2.32 bits per heavy atom. The van der Waals surface area contributed by atoms with Crippen LogP contribution in [0.1, 0.15) is 28.8 Å². The third kappa shape index (κ3) is 5.26. The van der Waals surface area contributed by atoms with Gasteiger partial charge in [0.15, 0.2) is 5.11 Å². The molecule has 1 aliphatic rings. The van der Waals surface area contributed by atoms with Crippen molar-refractivity contribution in [3.05, 3.63) is 64.7 Å². The number of rotatable bonds is 4. The van der Waals surface area contributed by atoms with Gasteiger partial charge in [0.1, 0.15) is 0 Å². The molecule has 1 amide bonds. The number of carbonyl (C=O) groups is 1. The number of thiocarbonyl (C=S) groups is 1. The van der Waals surface area contributed by atoms with Crippen LogP contribution in [-0.2, 0) is 6.54 Å². The van der Waals surface area contributed by atoms with Crippen molar-refractivity contribution < 1.29 is 4.79 Å². The highest BCUT2D eigenvalue weighted by Crippen LogP contribution is 2.15. The minimum Gasteiger partial charge on any atom is -0.332 e. The monoisotopic (exact) mass is 373 g/mol. The second kappa shape index (κ2) is 8.43. The third-order valence-electron chi connectivity index (χ3n) is 4.15. The number of anilines is 1. The Bertz CT molecular complexity index is 740. The molecular weight excluding hydrogens is 354 g/mol. The predicted octanol–water partition coefficient (Wildman–Crippen LogP) is 4.06. The Kier molecular flexibility index (Phi) is 6.02. The molecule has 6 heteroatoms. The van der Waals surface area contributed by atoms with E-state index in [0.29, 0.717) is 10.6 Å². The Labute approximate surface area is 158 Å². The molecule has 0 atom stereocenters. The lowest BCUT2D eigenvalue weighted by Gasteiger charge is -2.15. The van der Waals surface area contributed by atoms with Gasteiger partial charge in [-0.2, -0.15) is 0 Å². The standard InChI is InChI=1S/C19H20ClN3OS/c20-16-7-5-15(6-8-16)18(24)22-19(25)21-17-9-3-14(4-10-17)13-23-11-1-2-12-23/h3-10H,1-2,11-13H2,(H2,21,22,24,25). The van der Waals surface area contributed by atoms with Crippen LogP contribution >= 0.6 is 23.8 Å². The first-order valence-corrected chi connectivity index (χ1v) is 9.08. The smallest absolute Gasteiger partial charge is 0.257 e. The van der Waals surface area contributed by atoms with Crippen LogP contribution in [0.4, 0.5) is 5.69 Å². The summed E-state index contributed by atoms with van der Waals surface area (Å²) in [5, 5.41) is 6.56. The molecule has 1 heterocycles. The van der Waals surface area contributed by atoms with E-state index in [2.05, 4.69) is 27.7 Å². The summed E-state index contributed by atoms with van der Waals surface area (Å²) in [4.78, 5) is 14.6. The number of nitrogens with zero attached hydrogens (tertiary/aromatic N) is 1. The summed E-state index contributed by atoms with van der Waals surface area (Å²) in [7, 11) is 0. The van der Waals surface area contributed by atoms with Crippen molar-refractivity contribution in [3.8, 4) is 0 Å². The second-order valence-electron chi connectivity index (χ2n) is 6.10. The molecule has 0 aromatic heterocycles. The molecule has 3 rings (SSSR count). The van der Waals surface area contributed by atoms with Crippen LogP contribution in [-0.4, -0.2) is 29.0 Å². The Morgan fingerprint density at radius 1 is 1.04 bits per heavy atom. The van der Waals surface area contributed by atoms with Crippen LogP contribution in [0.3, 0.4) is 0 Å². The summed E-state index contributed by atoms with van der Waals surface area (Å²) < 4.78 is 0. The van der Waals surface area contributed by atoms with Crippen LogP contribution in [0.25, 0.3) is 0 Å². The summed E-state index contributed by atoms with van der Waals surface area (Å²) in [6.07, 6.45) is 2.59. The summed E-state index contributed by atoms with van der Waals surface area (Å²) in [5.41, 5.74) is 2.64. The first-order chi connectivity index (χ1) is 12.1. The van der Waals surface area contributed by atoms with E-state index in [-0.39, 0.29) is 11.0 Å². The molecule has 2 aromatic carbocycles. The van der Waals surface area contributed by atoms with Gasteiger partial charge in [-0.25, -0.2) is 0 Å². The minimum atomic E-state index is -0.264. The van der Waals surface area contributed by atoms with Gasteiger partial charge in [-0.15, -0.1) is 0 Å². The lowest BCUT2D eigenvalue weighted by atomic mass is 10.2. The van der Waals surface area contributed by atoms with Crippen molar-refractivity contribution in [2.75, 3.05) is 18.4 Å². The van der Waals surface area contributed by atoms with E-state index in [1.54, 1.807) is 24.3 Å². The van der Waals surface area contributed by atoms with Gasteiger partial charge in [0.25, 0.3) is 5.91 Å². The molecule has 4 nitrogen and oxygen atoms in total. The van der Waals surface area contributed by atoms with Gasteiger partial charge < -0.3 is 5.32 Å². The lowest BCUT2D eigenvalue weighted by molar-refractivity contribution is 0.0978. The lowest BCUT2D eigenvalue weighted by Crippen LogP contribution is -2.34. The molecule has 0 saturated carbocycles. The maximum absolute atomic E-state index is 12.1. The zero-order valence-electron chi connectivity index (χ0n) is 13.8. The van der Waals surface area contributed by atoms with Gasteiger partial charge in [-0.3, -0.25) is 15.0 Å². The van der Waals surface area contributed by atoms with E-state index < -0.39 is 0 Å². The quantitative estimate of drug-likeness (QED) is 0.793. The summed E-state index contributed by atoms with van der Waals surface area (Å²) in [6.45, 7) is 3.35. The van der Waals surface area contributed by atoms with Crippen LogP contribution in [0.5, 0.6) is 0 Å². The van der Waals surface area contributed by atoms with Gasteiger partial charge in [0.05, 0.1) is 0 Å². The molecule has 1 aliphatic heterocycles. The summed E-state index contributed by atoms with van der Waals surface area (Å²) >= 11 is 11.0. The zero-order valence-corrected chi connectivity index (χ0v) is 15.4. The van der Waals surface area contributed by atoms with E-state index in [9.17, 15) is 4.79 Å². The van der Waals surface area contributed by atoms with Gasteiger partial charge in [0.2, 0.25) is 0 Å². The molecule has 1 fully saturated rings. The van der Waals surface area contributed by atoms with Crippen molar-refractivity contribution in [1.29, 1.82) is 0 Å². The molecule has 0 bridgehead atoms. The van der Waals surface area contributed by atoms with E-state index in [1.165, 1.54) is 31.5 Å². The molecule has 2 N–H and O–H groups in total. The molecule has 0 spiro atoms. The van der Waals surface area contributed by atoms with Crippen molar-refractivity contribution >= 4 is 40.5 Å². The second-order valence-corrected chi connectivity index (χ2v) is 6.94. The summed E-state index contributed by atoms with van der Waals surface area (Å²) in [6, 6.07) is 14.8. The van der Waals surface area contributed by atoms with Crippen molar-refractivity contribution in [2.45, 2.75) is 19.4 Å². The fourth-order valence-electron chi connectivity index (χ4n) is 2.83. The van der Waals surface area contributed by atoms with Gasteiger partial charge in [-0.05, 0) is 80.1 Å². The fraction of sp³-hybridized carbons (Fsp3) is 0.263. The topological polar surface area (TPSA) is 44.4 Å². The minimum absolute atomic E-state index is 0.264. The maximum Gasteiger partial charge on any atom is 0.257 e. The normalized spacial score (nSPS) is 14.3. The first-order valence-electron chi connectivity index (χ1n) is 8.29.